The third-order valence-corrected chi connectivity index (χ3v) is 3.25. The highest BCUT2D eigenvalue weighted by atomic mass is 19.4. The van der Waals surface area contributed by atoms with Crippen molar-refractivity contribution in [3.8, 4) is 11.1 Å². The highest BCUT2D eigenvalue weighted by Crippen LogP contribution is 2.41. The van der Waals surface area contributed by atoms with E-state index in [0.717, 1.165) is 0 Å². The summed E-state index contributed by atoms with van der Waals surface area (Å²) in [4.78, 5) is 11.0. The molecule has 0 radical (unpaired) electrons. The normalized spacial score (nSPS) is 12.8. The van der Waals surface area contributed by atoms with Gasteiger partial charge in [-0.1, -0.05) is 48.5 Å². The molecule has 1 unspecified atom stereocenters. The van der Waals surface area contributed by atoms with Gasteiger partial charge in [-0.15, -0.1) is 0 Å². The average molecular weight is 308 g/mol. The van der Waals surface area contributed by atoms with Crippen LogP contribution in [0, 0.1) is 0 Å². The standard InChI is InChI=1S/C17H15F3O2/c1-11(22-12(2)21)14-9-6-10-15(16(14)17(18,19)20)13-7-4-3-5-8-13/h3-11H,1-2H3. The summed E-state index contributed by atoms with van der Waals surface area (Å²) in [5.41, 5.74) is -0.282. The SMILES string of the molecule is CC(=O)OC(C)c1cccc(-c2ccccc2)c1C(F)(F)F. The van der Waals surface area contributed by atoms with Crippen LogP contribution in [-0.4, -0.2) is 5.97 Å². The summed E-state index contributed by atoms with van der Waals surface area (Å²) in [5, 5.41) is 0. The first-order valence-corrected chi connectivity index (χ1v) is 6.73. The van der Waals surface area contributed by atoms with Crippen molar-refractivity contribution in [3.63, 3.8) is 0 Å². The maximum Gasteiger partial charge on any atom is 0.417 e. The van der Waals surface area contributed by atoms with Crippen LogP contribution in [0.4, 0.5) is 13.2 Å². The number of halogens is 3. The Morgan fingerprint density at radius 2 is 1.68 bits per heavy atom. The zero-order valence-corrected chi connectivity index (χ0v) is 12.1. The monoisotopic (exact) mass is 308 g/mol. The van der Waals surface area contributed by atoms with E-state index >= 15 is 0 Å². The van der Waals surface area contributed by atoms with Crippen LogP contribution < -0.4 is 0 Å². The van der Waals surface area contributed by atoms with E-state index < -0.39 is 23.8 Å². The molecule has 5 heteroatoms. The minimum Gasteiger partial charge on any atom is -0.458 e. The molecule has 2 aromatic rings. The number of carbonyl (C=O) groups is 1. The molecular formula is C17H15F3O2. The number of alkyl halides is 3. The first kappa shape index (κ1) is 16.1. The van der Waals surface area contributed by atoms with E-state index in [-0.39, 0.29) is 11.1 Å². The predicted molar refractivity (Wildman–Crippen MR) is 77.1 cm³/mol. The van der Waals surface area contributed by atoms with E-state index in [1.165, 1.54) is 32.0 Å². The van der Waals surface area contributed by atoms with Gasteiger partial charge in [-0.25, -0.2) is 0 Å². The first-order chi connectivity index (χ1) is 10.3. The Morgan fingerprint density at radius 1 is 1.05 bits per heavy atom. The van der Waals surface area contributed by atoms with Gasteiger partial charge in [0.15, 0.2) is 0 Å². The Morgan fingerprint density at radius 3 is 2.23 bits per heavy atom. The molecule has 0 amide bonds. The topological polar surface area (TPSA) is 26.3 Å². The van der Waals surface area contributed by atoms with E-state index in [1.807, 2.05) is 0 Å². The maximum atomic E-state index is 13.6. The summed E-state index contributed by atoms with van der Waals surface area (Å²) in [6.07, 6.45) is -5.52. The zero-order valence-electron chi connectivity index (χ0n) is 12.1. The van der Waals surface area contributed by atoms with E-state index in [2.05, 4.69) is 0 Å². The highest BCUT2D eigenvalue weighted by molar-refractivity contribution is 5.70. The summed E-state index contributed by atoms with van der Waals surface area (Å²) in [7, 11) is 0. The molecule has 0 bridgehead atoms. The largest absolute Gasteiger partial charge is 0.458 e. The lowest BCUT2D eigenvalue weighted by Gasteiger charge is -2.21. The molecular weight excluding hydrogens is 293 g/mol. The van der Waals surface area contributed by atoms with Crippen LogP contribution in [0.5, 0.6) is 0 Å². The smallest absolute Gasteiger partial charge is 0.417 e. The molecule has 0 saturated heterocycles. The fourth-order valence-electron chi connectivity index (χ4n) is 2.40. The molecule has 0 aliphatic heterocycles. The molecule has 0 spiro atoms. The molecule has 1 atom stereocenters. The predicted octanol–water partition coefficient (Wildman–Crippen LogP) is 5.00. The molecule has 0 aliphatic carbocycles. The number of hydrogen-bond donors (Lipinski definition) is 0. The second kappa shape index (κ2) is 6.22. The lowest BCUT2D eigenvalue weighted by molar-refractivity contribution is -0.149. The molecule has 0 fully saturated rings. The van der Waals surface area contributed by atoms with Gasteiger partial charge in [0.1, 0.15) is 6.10 Å². The number of benzene rings is 2. The molecule has 2 aromatic carbocycles. The number of carbonyl (C=O) groups excluding carboxylic acids is 1. The molecule has 0 heterocycles. The van der Waals surface area contributed by atoms with Crippen LogP contribution in [0.15, 0.2) is 48.5 Å². The number of rotatable bonds is 3. The highest BCUT2D eigenvalue weighted by Gasteiger charge is 2.38. The van der Waals surface area contributed by atoms with Crippen molar-refractivity contribution in [2.24, 2.45) is 0 Å². The number of ether oxygens (including phenoxy) is 1. The van der Waals surface area contributed by atoms with E-state index in [4.69, 9.17) is 4.74 Å². The van der Waals surface area contributed by atoms with E-state index in [9.17, 15) is 18.0 Å². The molecule has 22 heavy (non-hydrogen) atoms. The van der Waals surface area contributed by atoms with E-state index in [1.54, 1.807) is 30.3 Å². The second-order valence-electron chi connectivity index (χ2n) is 4.89. The van der Waals surface area contributed by atoms with Gasteiger partial charge in [-0.2, -0.15) is 13.2 Å². The Hall–Kier alpha value is -2.30. The van der Waals surface area contributed by atoms with Gasteiger partial charge in [0, 0.05) is 12.5 Å². The number of hydrogen-bond acceptors (Lipinski definition) is 2. The van der Waals surface area contributed by atoms with Crippen LogP contribution >= 0.6 is 0 Å². The number of esters is 1. The molecule has 0 aromatic heterocycles. The van der Waals surface area contributed by atoms with Crippen molar-refractivity contribution < 1.29 is 22.7 Å². The van der Waals surface area contributed by atoms with Crippen molar-refractivity contribution >= 4 is 5.97 Å². The molecule has 116 valence electrons. The summed E-state index contributed by atoms with van der Waals surface area (Å²) < 4.78 is 45.6. The Balaban J connectivity index is 2.63. The van der Waals surface area contributed by atoms with Crippen molar-refractivity contribution in [2.45, 2.75) is 26.1 Å². The minimum absolute atomic E-state index is 0.0518. The van der Waals surface area contributed by atoms with Crippen molar-refractivity contribution in [1.82, 2.24) is 0 Å². The van der Waals surface area contributed by atoms with Crippen molar-refractivity contribution in [2.75, 3.05) is 0 Å². The Kier molecular flexibility index (Phi) is 4.54. The van der Waals surface area contributed by atoms with Gasteiger partial charge in [-0.05, 0) is 18.1 Å². The average Bonchev–Trinajstić information content (AvgIpc) is 2.45. The second-order valence-corrected chi connectivity index (χ2v) is 4.89. The van der Waals surface area contributed by atoms with Crippen molar-refractivity contribution in [3.05, 3.63) is 59.7 Å². The first-order valence-electron chi connectivity index (χ1n) is 6.73. The van der Waals surface area contributed by atoms with Crippen LogP contribution in [0.25, 0.3) is 11.1 Å². The molecule has 0 saturated carbocycles. The third-order valence-electron chi connectivity index (χ3n) is 3.25. The third kappa shape index (κ3) is 3.47. The Bertz CT molecular complexity index is 663. The summed E-state index contributed by atoms with van der Waals surface area (Å²) in [6, 6.07) is 12.6. The lowest BCUT2D eigenvalue weighted by Crippen LogP contribution is -2.15. The Labute approximate surface area is 126 Å². The van der Waals surface area contributed by atoms with E-state index in [0.29, 0.717) is 5.56 Å². The van der Waals surface area contributed by atoms with Gasteiger partial charge >= 0.3 is 12.1 Å². The fourth-order valence-corrected chi connectivity index (χ4v) is 2.40. The summed E-state index contributed by atoms with van der Waals surface area (Å²) >= 11 is 0. The van der Waals surface area contributed by atoms with Gasteiger partial charge in [0.25, 0.3) is 0 Å². The maximum absolute atomic E-state index is 13.6. The molecule has 2 rings (SSSR count). The van der Waals surface area contributed by atoms with Crippen LogP contribution in [-0.2, 0) is 15.7 Å². The molecule has 0 aliphatic rings. The summed E-state index contributed by atoms with van der Waals surface area (Å²) in [6.45, 7) is 2.60. The minimum atomic E-state index is -4.55. The summed E-state index contributed by atoms with van der Waals surface area (Å²) in [5.74, 6) is -0.620. The van der Waals surface area contributed by atoms with Gasteiger partial charge in [-0.3, -0.25) is 4.79 Å². The zero-order chi connectivity index (χ0) is 16.3. The van der Waals surface area contributed by atoms with Crippen LogP contribution in [0.1, 0.15) is 31.1 Å². The fraction of sp³-hybridized carbons (Fsp3) is 0.235. The lowest BCUT2D eigenvalue weighted by atomic mass is 9.93. The van der Waals surface area contributed by atoms with Gasteiger partial charge < -0.3 is 4.74 Å². The van der Waals surface area contributed by atoms with Crippen LogP contribution in [0.2, 0.25) is 0 Å². The van der Waals surface area contributed by atoms with Gasteiger partial charge in [0.2, 0.25) is 0 Å². The molecule has 2 nitrogen and oxygen atoms in total. The quantitative estimate of drug-likeness (QED) is 0.746. The van der Waals surface area contributed by atoms with Crippen LogP contribution in [0.3, 0.4) is 0 Å². The molecule has 0 N–H and O–H groups in total. The van der Waals surface area contributed by atoms with Gasteiger partial charge in [0.05, 0.1) is 5.56 Å². The van der Waals surface area contributed by atoms with Crippen molar-refractivity contribution in [1.29, 1.82) is 0 Å².